The molecule has 1 heterocycles. The van der Waals surface area contributed by atoms with Crippen LogP contribution in [0.25, 0.3) is 0 Å². The summed E-state index contributed by atoms with van der Waals surface area (Å²) in [6, 6.07) is 4.47. The summed E-state index contributed by atoms with van der Waals surface area (Å²) in [5.74, 6) is -1.38. The van der Waals surface area contributed by atoms with Gasteiger partial charge in [-0.25, -0.2) is 9.78 Å². The van der Waals surface area contributed by atoms with Crippen LogP contribution < -0.4 is 5.32 Å². The Kier molecular flexibility index (Phi) is 4.97. The minimum atomic E-state index is -1.09. The van der Waals surface area contributed by atoms with E-state index in [1.807, 2.05) is 0 Å². The molecule has 2 N–H and O–H groups in total. The van der Waals surface area contributed by atoms with Crippen molar-refractivity contribution in [3.63, 3.8) is 0 Å². The first-order chi connectivity index (χ1) is 9.88. The number of hydrogen-bond donors (Lipinski definition) is 2. The molecule has 21 heavy (non-hydrogen) atoms. The monoisotopic (exact) mass is 388 g/mol. The number of halogens is 2. The van der Waals surface area contributed by atoms with Gasteiger partial charge in [0.2, 0.25) is 0 Å². The van der Waals surface area contributed by atoms with Crippen molar-refractivity contribution in [3.8, 4) is 0 Å². The van der Waals surface area contributed by atoms with Crippen LogP contribution in [0.15, 0.2) is 28.1 Å². The molecule has 1 atom stereocenters. The molecule has 5 nitrogen and oxygen atoms in total. The van der Waals surface area contributed by atoms with Crippen LogP contribution in [-0.2, 0) is 0 Å². The molecule has 110 valence electrons. The number of carbonyl (C=O) groups is 2. The molecule has 1 amide bonds. The van der Waals surface area contributed by atoms with Crippen molar-refractivity contribution >= 4 is 50.7 Å². The summed E-state index contributed by atoms with van der Waals surface area (Å²) in [6.07, 6.45) is 0. The molecule has 0 radical (unpaired) electrons. The van der Waals surface area contributed by atoms with Crippen LogP contribution in [-0.4, -0.2) is 22.0 Å². The number of hydrogen-bond acceptors (Lipinski definition) is 4. The van der Waals surface area contributed by atoms with Gasteiger partial charge < -0.3 is 10.4 Å². The Hall–Kier alpha value is -1.44. The normalized spacial score (nSPS) is 12.0. The van der Waals surface area contributed by atoms with E-state index in [1.54, 1.807) is 25.1 Å². The topological polar surface area (TPSA) is 79.3 Å². The van der Waals surface area contributed by atoms with Crippen molar-refractivity contribution in [3.05, 3.63) is 49.3 Å². The molecule has 2 aromatic rings. The second-order valence-corrected chi connectivity index (χ2v) is 6.38. The zero-order chi connectivity index (χ0) is 15.6. The van der Waals surface area contributed by atoms with Crippen molar-refractivity contribution in [1.29, 1.82) is 0 Å². The lowest BCUT2D eigenvalue weighted by molar-refractivity contribution is 0.0691. The van der Waals surface area contributed by atoms with Gasteiger partial charge in [0, 0.05) is 14.9 Å². The van der Waals surface area contributed by atoms with Gasteiger partial charge in [0.15, 0.2) is 5.69 Å². The van der Waals surface area contributed by atoms with E-state index in [0.717, 1.165) is 0 Å². The molecule has 1 unspecified atom stereocenters. The summed E-state index contributed by atoms with van der Waals surface area (Å²) >= 11 is 10.3. The van der Waals surface area contributed by atoms with Gasteiger partial charge in [-0.1, -0.05) is 11.6 Å². The molecule has 0 aliphatic rings. The quantitative estimate of drug-likeness (QED) is 0.834. The van der Waals surface area contributed by atoms with Crippen molar-refractivity contribution in [2.45, 2.75) is 13.0 Å². The SMILES string of the molecule is CC(NC(=O)c1ccc(Cl)cc1Br)c1nc(C(=O)O)cs1. The van der Waals surface area contributed by atoms with Gasteiger partial charge in [0.05, 0.1) is 11.6 Å². The maximum atomic E-state index is 12.2. The highest BCUT2D eigenvalue weighted by molar-refractivity contribution is 9.10. The van der Waals surface area contributed by atoms with Crippen LogP contribution in [0.2, 0.25) is 5.02 Å². The predicted molar refractivity (Wildman–Crippen MR) is 84.1 cm³/mol. The fourth-order valence-electron chi connectivity index (χ4n) is 1.59. The zero-order valence-corrected chi connectivity index (χ0v) is 13.9. The Morgan fingerprint density at radius 2 is 2.19 bits per heavy atom. The Bertz CT molecular complexity index is 704. The van der Waals surface area contributed by atoms with Crippen molar-refractivity contribution < 1.29 is 14.7 Å². The van der Waals surface area contributed by atoms with Crippen LogP contribution in [0, 0.1) is 0 Å². The molecular formula is C13H10BrClN2O3S. The number of amides is 1. The number of nitrogens with zero attached hydrogens (tertiary/aromatic N) is 1. The van der Waals surface area contributed by atoms with E-state index in [-0.39, 0.29) is 11.6 Å². The molecule has 0 aliphatic carbocycles. The summed E-state index contributed by atoms with van der Waals surface area (Å²) in [6.45, 7) is 1.74. The number of rotatable bonds is 4. The third kappa shape index (κ3) is 3.81. The number of carboxylic acids is 1. The largest absolute Gasteiger partial charge is 0.476 e. The summed E-state index contributed by atoms with van der Waals surface area (Å²) in [5, 5.41) is 14.1. The average molecular weight is 390 g/mol. The minimum absolute atomic E-state index is 0.0243. The highest BCUT2D eigenvalue weighted by atomic mass is 79.9. The van der Waals surface area contributed by atoms with E-state index < -0.39 is 12.0 Å². The second kappa shape index (κ2) is 6.55. The molecule has 0 saturated heterocycles. The first kappa shape index (κ1) is 15.9. The minimum Gasteiger partial charge on any atom is -0.476 e. The Morgan fingerprint density at radius 3 is 2.76 bits per heavy atom. The molecule has 0 saturated carbocycles. The fourth-order valence-corrected chi connectivity index (χ4v) is 3.26. The summed E-state index contributed by atoms with van der Waals surface area (Å²) < 4.78 is 0.588. The van der Waals surface area contributed by atoms with Gasteiger partial charge in [-0.3, -0.25) is 4.79 Å². The van der Waals surface area contributed by atoms with Crippen LogP contribution >= 0.6 is 38.9 Å². The summed E-state index contributed by atoms with van der Waals surface area (Å²) in [4.78, 5) is 26.9. The molecular weight excluding hydrogens is 380 g/mol. The summed E-state index contributed by atoms with van der Waals surface area (Å²) in [7, 11) is 0. The van der Waals surface area contributed by atoms with E-state index in [0.29, 0.717) is 20.1 Å². The maximum absolute atomic E-state index is 12.2. The van der Waals surface area contributed by atoms with Crippen molar-refractivity contribution in [1.82, 2.24) is 10.3 Å². The lowest BCUT2D eigenvalue weighted by Crippen LogP contribution is -2.27. The Labute approximate surface area is 138 Å². The molecule has 1 aromatic heterocycles. The van der Waals surface area contributed by atoms with Gasteiger partial charge in [-0.05, 0) is 41.1 Å². The molecule has 0 aliphatic heterocycles. The maximum Gasteiger partial charge on any atom is 0.355 e. The van der Waals surface area contributed by atoms with Crippen LogP contribution in [0.1, 0.15) is 38.8 Å². The van der Waals surface area contributed by atoms with E-state index in [4.69, 9.17) is 16.7 Å². The van der Waals surface area contributed by atoms with Gasteiger partial charge in [-0.15, -0.1) is 11.3 Å². The molecule has 2 rings (SSSR count). The van der Waals surface area contributed by atoms with Gasteiger partial charge in [0.25, 0.3) is 5.91 Å². The number of thiazole rings is 1. The third-order valence-corrected chi connectivity index (χ3v) is 4.55. The van der Waals surface area contributed by atoms with Crippen molar-refractivity contribution in [2.24, 2.45) is 0 Å². The number of benzene rings is 1. The molecule has 8 heteroatoms. The van der Waals surface area contributed by atoms with Crippen LogP contribution in [0.3, 0.4) is 0 Å². The smallest absolute Gasteiger partial charge is 0.355 e. The lowest BCUT2D eigenvalue weighted by Gasteiger charge is -2.12. The third-order valence-electron chi connectivity index (χ3n) is 2.63. The predicted octanol–water partition coefficient (Wildman–Crippen LogP) is 3.75. The molecule has 0 fully saturated rings. The molecule has 1 aromatic carbocycles. The van der Waals surface area contributed by atoms with E-state index in [2.05, 4.69) is 26.2 Å². The number of carbonyl (C=O) groups excluding carboxylic acids is 1. The second-order valence-electron chi connectivity index (χ2n) is 4.20. The standard InChI is InChI=1S/C13H10BrClN2O3S/c1-6(12-17-10(5-21-12)13(19)20)16-11(18)8-3-2-7(15)4-9(8)14/h2-6H,1H3,(H,16,18)(H,19,20). The van der Waals surface area contributed by atoms with Crippen molar-refractivity contribution in [2.75, 3.05) is 0 Å². The highest BCUT2D eigenvalue weighted by Crippen LogP contribution is 2.23. The average Bonchev–Trinajstić information content (AvgIpc) is 2.88. The fraction of sp³-hybridized carbons (Fsp3) is 0.154. The number of carboxylic acid groups (broad SMARTS) is 1. The number of aromatic carboxylic acids is 1. The van der Waals surface area contributed by atoms with Gasteiger partial charge in [0.1, 0.15) is 5.01 Å². The van der Waals surface area contributed by atoms with E-state index in [9.17, 15) is 9.59 Å². The highest BCUT2D eigenvalue weighted by Gasteiger charge is 2.18. The number of aromatic nitrogens is 1. The van der Waals surface area contributed by atoms with E-state index in [1.165, 1.54) is 16.7 Å². The molecule has 0 spiro atoms. The Balaban J connectivity index is 2.12. The van der Waals surface area contributed by atoms with E-state index >= 15 is 0 Å². The lowest BCUT2D eigenvalue weighted by atomic mass is 10.2. The van der Waals surface area contributed by atoms with Crippen LogP contribution in [0.4, 0.5) is 0 Å². The van der Waals surface area contributed by atoms with Crippen LogP contribution in [0.5, 0.6) is 0 Å². The molecule has 0 bridgehead atoms. The summed E-state index contributed by atoms with van der Waals surface area (Å²) in [5.41, 5.74) is 0.421. The number of nitrogens with one attached hydrogen (secondary N) is 1. The first-order valence-electron chi connectivity index (χ1n) is 5.83. The van der Waals surface area contributed by atoms with Gasteiger partial charge >= 0.3 is 5.97 Å². The van der Waals surface area contributed by atoms with Gasteiger partial charge in [-0.2, -0.15) is 0 Å². The Morgan fingerprint density at radius 1 is 1.48 bits per heavy atom. The first-order valence-corrected chi connectivity index (χ1v) is 7.88. The zero-order valence-electron chi connectivity index (χ0n) is 10.8.